The Morgan fingerprint density at radius 3 is 2.28 bits per heavy atom. The molecule has 0 saturated heterocycles. The molecule has 0 saturated carbocycles. The lowest BCUT2D eigenvalue weighted by Crippen LogP contribution is -2.28. The van der Waals surface area contributed by atoms with Crippen LogP contribution in [0.2, 0.25) is 5.02 Å². The Morgan fingerprint density at radius 2 is 1.72 bits per heavy atom. The topological polar surface area (TPSA) is 54.5 Å². The van der Waals surface area contributed by atoms with E-state index in [9.17, 15) is 13.2 Å². The largest absolute Gasteiger partial charge is 0.335 e. The van der Waals surface area contributed by atoms with E-state index in [1.807, 2.05) is 25.1 Å². The number of benzene rings is 2. The summed E-state index contributed by atoms with van der Waals surface area (Å²) in [5, 5.41) is 0.582. The summed E-state index contributed by atoms with van der Waals surface area (Å²) in [6.07, 6.45) is 4.32. The molecule has 6 heteroatoms. The molecule has 2 aromatic rings. The molecule has 0 fully saturated rings. The zero-order chi connectivity index (χ0) is 18.6. The molecule has 0 N–H and O–H groups in total. The predicted octanol–water partition coefficient (Wildman–Crippen LogP) is 3.98. The Labute approximate surface area is 153 Å². The summed E-state index contributed by atoms with van der Waals surface area (Å²) in [6.45, 7) is 1.89. The molecule has 0 radical (unpaired) electrons. The summed E-state index contributed by atoms with van der Waals surface area (Å²) in [5.41, 5.74) is 1.63. The monoisotopic (exact) mass is 377 g/mol. The van der Waals surface area contributed by atoms with Crippen molar-refractivity contribution in [1.82, 2.24) is 4.90 Å². The fourth-order valence-electron chi connectivity index (χ4n) is 2.30. The second kappa shape index (κ2) is 7.85. The van der Waals surface area contributed by atoms with Gasteiger partial charge in [-0.1, -0.05) is 41.9 Å². The standard InChI is InChI=1S/C19H20ClNO3S/c1-14(15-8-11-17(12-9-15)25(3,23)24)21(2)19(22)13-10-16-6-4-5-7-18(16)20/h4-14H,1-3H3. The van der Waals surface area contributed by atoms with E-state index in [1.165, 1.54) is 12.3 Å². The minimum atomic E-state index is -3.23. The van der Waals surface area contributed by atoms with Gasteiger partial charge in [0.2, 0.25) is 5.91 Å². The van der Waals surface area contributed by atoms with Crippen molar-refractivity contribution in [2.45, 2.75) is 17.9 Å². The first-order valence-corrected chi connectivity index (χ1v) is 9.96. The number of hydrogen-bond acceptors (Lipinski definition) is 3. The van der Waals surface area contributed by atoms with Crippen molar-refractivity contribution in [3.8, 4) is 0 Å². The van der Waals surface area contributed by atoms with Crippen molar-refractivity contribution in [1.29, 1.82) is 0 Å². The van der Waals surface area contributed by atoms with Gasteiger partial charge in [-0.25, -0.2) is 8.42 Å². The zero-order valence-electron chi connectivity index (χ0n) is 14.3. The van der Waals surface area contributed by atoms with Crippen molar-refractivity contribution >= 4 is 33.4 Å². The molecule has 0 aliphatic carbocycles. The second-order valence-electron chi connectivity index (χ2n) is 5.82. The van der Waals surface area contributed by atoms with Crippen LogP contribution in [0.25, 0.3) is 6.08 Å². The number of hydrogen-bond donors (Lipinski definition) is 0. The first-order valence-electron chi connectivity index (χ1n) is 7.69. The summed E-state index contributed by atoms with van der Waals surface area (Å²) in [5.74, 6) is -0.167. The van der Waals surface area contributed by atoms with Crippen LogP contribution in [-0.4, -0.2) is 32.5 Å². The molecule has 2 aromatic carbocycles. The lowest BCUT2D eigenvalue weighted by Gasteiger charge is -2.24. The van der Waals surface area contributed by atoms with Gasteiger partial charge in [-0.05, 0) is 42.3 Å². The molecule has 0 aliphatic heterocycles. The van der Waals surface area contributed by atoms with Gasteiger partial charge in [-0.15, -0.1) is 0 Å². The maximum atomic E-state index is 12.4. The number of carbonyl (C=O) groups is 1. The highest BCUT2D eigenvalue weighted by Crippen LogP contribution is 2.22. The van der Waals surface area contributed by atoms with Crippen LogP contribution in [0.4, 0.5) is 0 Å². The number of carbonyl (C=O) groups excluding carboxylic acids is 1. The molecule has 2 rings (SSSR count). The summed E-state index contributed by atoms with van der Waals surface area (Å²) in [6, 6.07) is 13.6. The third kappa shape index (κ3) is 4.94. The van der Waals surface area contributed by atoms with Crippen LogP contribution in [0.3, 0.4) is 0 Å². The van der Waals surface area contributed by atoms with E-state index in [4.69, 9.17) is 11.6 Å². The van der Waals surface area contributed by atoms with Crippen molar-refractivity contribution in [3.05, 3.63) is 70.8 Å². The Balaban J connectivity index is 2.12. The van der Waals surface area contributed by atoms with Gasteiger partial charge in [0.05, 0.1) is 10.9 Å². The van der Waals surface area contributed by atoms with Gasteiger partial charge in [0.25, 0.3) is 0 Å². The molecule has 4 nitrogen and oxygen atoms in total. The second-order valence-corrected chi connectivity index (χ2v) is 8.24. The molecule has 1 amide bonds. The number of rotatable bonds is 5. The van der Waals surface area contributed by atoms with E-state index in [1.54, 1.807) is 48.4 Å². The Kier molecular flexibility index (Phi) is 6.03. The van der Waals surface area contributed by atoms with Crippen LogP contribution in [0.1, 0.15) is 24.1 Å². The lowest BCUT2D eigenvalue weighted by atomic mass is 10.1. The normalized spacial score (nSPS) is 13.0. The van der Waals surface area contributed by atoms with Gasteiger partial charge in [-0.2, -0.15) is 0 Å². The van der Waals surface area contributed by atoms with Gasteiger partial charge < -0.3 is 4.90 Å². The Morgan fingerprint density at radius 1 is 1.12 bits per heavy atom. The highest BCUT2D eigenvalue weighted by Gasteiger charge is 2.16. The van der Waals surface area contributed by atoms with Crippen LogP contribution < -0.4 is 0 Å². The maximum absolute atomic E-state index is 12.4. The highest BCUT2D eigenvalue weighted by molar-refractivity contribution is 7.90. The van der Waals surface area contributed by atoms with E-state index in [0.29, 0.717) is 5.02 Å². The van der Waals surface area contributed by atoms with Crippen LogP contribution in [0, 0.1) is 0 Å². The van der Waals surface area contributed by atoms with Crippen molar-refractivity contribution < 1.29 is 13.2 Å². The molecular weight excluding hydrogens is 358 g/mol. The molecule has 0 bridgehead atoms. The minimum absolute atomic E-state index is 0.167. The van der Waals surface area contributed by atoms with Crippen molar-refractivity contribution in [2.75, 3.05) is 13.3 Å². The van der Waals surface area contributed by atoms with Crippen molar-refractivity contribution in [2.24, 2.45) is 0 Å². The smallest absolute Gasteiger partial charge is 0.246 e. The molecule has 1 unspecified atom stereocenters. The van der Waals surface area contributed by atoms with E-state index in [-0.39, 0.29) is 16.8 Å². The number of likely N-dealkylation sites (N-methyl/N-ethyl adjacent to an activating group) is 1. The summed E-state index contributed by atoms with van der Waals surface area (Å²) in [4.78, 5) is 14.2. The molecule has 0 aliphatic rings. The Hall–Kier alpha value is -2.11. The van der Waals surface area contributed by atoms with E-state index < -0.39 is 9.84 Å². The van der Waals surface area contributed by atoms with E-state index >= 15 is 0 Å². The van der Waals surface area contributed by atoms with Crippen LogP contribution in [0.5, 0.6) is 0 Å². The fourth-order valence-corrected chi connectivity index (χ4v) is 3.13. The number of nitrogens with zero attached hydrogens (tertiary/aromatic N) is 1. The first kappa shape index (κ1) is 19.2. The molecule has 132 valence electrons. The van der Waals surface area contributed by atoms with Crippen LogP contribution in [0.15, 0.2) is 59.5 Å². The first-order chi connectivity index (χ1) is 11.7. The van der Waals surface area contributed by atoms with Gasteiger partial charge in [0.1, 0.15) is 0 Å². The molecule has 25 heavy (non-hydrogen) atoms. The van der Waals surface area contributed by atoms with Gasteiger partial charge in [0, 0.05) is 24.4 Å². The molecule has 0 aromatic heterocycles. The number of amides is 1. The minimum Gasteiger partial charge on any atom is -0.335 e. The number of sulfone groups is 1. The maximum Gasteiger partial charge on any atom is 0.246 e. The summed E-state index contributed by atoms with van der Waals surface area (Å²) in [7, 11) is -1.53. The molecule has 0 heterocycles. The Bertz CT molecular complexity index is 889. The van der Waals surface area contributed by atoms with Gasteiger partial charge >= 0.3 is 0 Å². The molecule has 1 atom stereocenters. The van der Waals surface area contributed by atoms with Crippen LogP contribution >= 0.6 is 11.6 Å². The molecular formula is C19H20ClNO3S. The van der Waals surface area contributed by atoms with Crippen LogP contribution in [-0.2, 0) is 14.6 Å². The SMILES string of the molecule is CC(c1ccc(S(C)(=O)=O)cc1)N(C)C(=O)C=Cc1ccccc1Cl. The van der Waals surface area contributed by atoms with E-state index in [2.05, 4.69) is 0 Å². The van der Waals surface area contributed by atoms with Crippen molar-refractivity contribution in [3.63, 3.8) is 0 Å². The zero-order valence-corrected chi connectivity index (χ0v) is 15.9. The van der Waals surface area contributed by atoms with Gasteiger partial charge in [0.15, 0.2) is 9.84 Å². The fraction of sp³-hybridized carbons (Fsp3) is 0.211. The van der Waals surface area contributed by atoms with E-state index in [0.717, 1.165) is 11.1 Å². The predicted molar refractivity (Wildman–Crippen MR) is 101 cm³/mol. The highest BCUT2D eigenvalue weighted by atomic mass is 35.5. The third-order valence-electron chi connectivity index (χ3n) is 4.03. The summed E-state index contributed by atoms with van der Waals surface area (Å²) < 4.78 is 23.0. The lowest BCUT2D eigenvalue weighted by molar-refractivity contribution is -0.126. The average molecular weight is 378 g/mol. The number of halogens is 1. The summed E-state index contributed by atoms with van der Waals surface area (Å²) >= 11 is 6.07. The average Bonchev–Trinajstić information content (AvgIpc) is 2.59. The quantitative estimate of drug-likeness (QED) is 0.740. The van der Waals surface area contributed by atoms with Gasteiger partial charge in [-0.3, -0.25) is 4.79 Å². The third-order valence-corrected chi connectivity index (χ3v) is 5.50. The molecule has 0 spiro atoms.